The summed E-state index contributed by atoms with van der Waals surface area (Å²) in [5, 5.41) is 0. The molecule has 208 valence electrons. The third-order valence-corrected chi connectivity index (χ3v) is 7.47. The van der Waals surface area contributed by atoms with Crippen LogP contribution in [0.5, 0.6) is 5.88 Å². The van der Waals surface area contributed by atoms with Gasteiger partial charge in [0.1, 0.15) is 11.6 Å². The van der Waals surface area contributed by atoms with E-state index in [1.165, 1.54) is 19.2 Å². The summed E-state index contributed by atoms with van der Waals surface area (Å²) in [6, 6.07) is 5.61. The normalized spacial score (nSPS) is 18.3. The summed E-state index contributed by atoms with van der Waals surface area (Å²) in [6.07, 6.45) is -0.561. The second-order valence-corrected chi connectivity index (χ2v) is 10.4. The van der Waals surface area contributed by atoms with Gasteiger partial charge in [0.2, 0.25) is 11.8 Å². The van der Waals surface area contributed by atoms with Crippen LogP contribution < -0.4 is 10.5 Å². The van der Waals surface area contributed by atoms with Crippen molar-refractivity contribution in [2.24, 2.45) is 5.41 Å². The van der Waals surface area contributed by atoms with Gasteiger partial charge in [0, 0.05) is 42.2 Å². The first-order valence-corrected chi connectivity index (χ1v) is 12.6. The number of rotatable bonds is 7. The highest BCUT2D eigenvalue weighted by Crippen LogP contribution is 2.38. The number of hydrogen-bond acceptors (Lipinski definition) is 6. The van der Waals surface area contributed by atoms with Gasteiger partial charge in [0.25, 0.3) is 0 Å². The van der Waals surface area contributed by atoms with Gasteiger partial charge in [-0.25, -0.2) is 14.4 Å². The molecule has 1 saturated heterocycles. The van der Waals surface area contributed by atoms with Crippen LogP contribution >= 0.6 is 0 Å². The Morgan fingerprint density at radius 1 is 1.23 bits per heavy atom. The minimum atomic E-state index is -4.46. The number of aryl methyl sites for hydroxylation is 2. The number of pyridine rings is 3. The molecule has 11 heteroatoms. The lowest BCUT2D eigenvalue weighted by molar-refractivity contribution is -0.137. The molecule has 0 radical (unpaired) electrons. The molecule has 1 aliphatic heterocycles. The molecule has 0 spiro atoms. The summed E-state index contributed by atoms with van der Waals surface area (Å²) in [4.78, 5) is 27.2. The van der Waals surface area contributed by atoms with Crippen molar-refractivity contribution in [3.63, 3.8) is 0 Å². The first kappa shape index (κ1) is 28.3. The minimum absolute atomic E-state index is 0.168. The van der Waals surface area contributed by atoms with Gasteiger partial charge in [-0.15, -0.1) is 0 Å². The van der Waals surface area contributed by atoms with Gasteiger partial charge >= 0.3 is 6.18 Å². The predicted molar refractivity (Wildman–Crippen MR) is 138 cm³/mol. The van der Waals surface area contributed by atoms with Crippen molar-refractivity contribution in [3.8, 4) is 17.1 Å². The van der Waals surface area contributed by atoms with Crippen molar-refractivity contribution in [2.45, 2.75) is 52.1 Å². The summed E-state index contributed by atoms with van der Waals surface area (Å²) in [7, 11) is 1.43. The highest BCUT2D eigenvalue weighted by molar-refractivity contribution is 5.83. The van der Waals surface area contributed by atoms with Gasteiger partial charge in [-0.05, 0) is 62.3 Å². The monoisotopic (exact) mass is 545 g/mol. The molecule has 1 fully saturated rings. The fourth-order valence-corrected chi connectivity index (χ4v) is 4.98. The molecule has 2 N–H and O–H groups in total. The summed E-state index contributed by atoms with van der Waals surface area (Å²) in [6.45, 7) is 6.56. The number of nitrogens with zero attached hydrogens (tertiary/aromatic N) is 4. The van der Waals surface area contributed by atoms with E-state index in [2.05, 4.69) is 21.9 Å². The number of nitrogen functional groups attached to an aromatic ring is 1. The fourth-order valence-electron chi connectivity index (χ4n) is 4.98. The minimum Gasteiger partial charge on any atom is -0.481 e. The molecule has 0 bridgehead atoms. The Balaban J connectivity index is 1.45. The number of methoxy groups -OCH3 is 1. The molecule has 4 rings (SSSR count). The molecule has 0 unspecified atom stereocenters. The number of likely N-dealkylation sites (tertiary alicyclic amines) is 1. The second kappa shape index (κ2) is 10.8. The van der Waals surface area contributed by atoms with Gasteiger partial charge in [-0.2, -0.15) is 13.2 Å². The molecule has 3 aromatic rings. The number of amides is 1. The quantitative estimate of drug-likeness (QED) is 0.390. The number of carbonyl (C=O) groups excluding carboxylic acids is 1. The zero-order valence-corrected chi connectivity index (χ0v) is 22.3. The zero-order chi connectivity index (χ0) is 28.5. The second-order valence-electron chi connectivity index (χ2n) is 10.4. The molecular formula is C28H31F4N5O2. The third-order valence-electron chi connectivity index (χ3n) is 7.47. The van der Waals surface area contributed by atoms with Crippen LogP contribution in [0.3, 0.4) is 0 Å². The van der Waals surface area contributed by atoms with E-state index in [9.17, 15) is 22.4 Å². The van der Waals surface area contributed by atoms with Gasteiger partial charge in [0.05, 0.1) is 30.5 Å². The van der Waals surface area contributed by atoms with Crippen molar-refractivity contribution in [1.29, 1.82) is 0 Å². The molecule has 1 aliphatic rings. The Hall–Kier alpha value is -3.76. The maximum absolute atomic E-state index is 14.4. The number of nitrogens with two attached hydrogens (primary N) is 1. The lowest BCUT2D eigenvalue weighted by Crippen LogP contribution is -2.34. The van der Waals surface area contributed by atoms with E-state index in [0.717, 1.165) is 30.4 Å². The van der Waals surface area contributed by atoms with Crippen molar-refractivity contribution < 1.29 is 27.1 Å². The smallest absolute Gasteiger partial charge is 0.417 e. The molecule has 4 heterocycles. The Bertz CT molecular complexity index is 1360. The van der Waals surface area contributed by atoms with Crippen LogP contribution in [0.1, 0.15) is 55.0 Å². The van der Waals surface area contributed by atoms with E-state index in [0.29, 0.717) is 48.7 Å². The lowest BCUT2D eigenvalue weighted by Gasteiger charge is -2.26. The molecule has 1 amide bonds. The van der Waals surface area contributed by atoms with Gasteiger partial charge in [-0.3, -0.25) is 9.78 Å². The Kier molecular flexibility index (Phi) is 7.81. The van der Waals surface area contributed by atoms with Crippen molar-refractivity contribution in [1.82, 2.24) is 19.9 Å². The zero-order valence-electron chi connectivity index (χ0n) is 22.3. The number of ether oxygens (including phenoxy) is 1. The van der Waals surface area contributed by atoms with E-state index in [1.807, 2.05) is 6.07 Å². The van der Waals surface area contributed by atoms with Crippen LogP contribution in [0.4, 0.5) is 23.4 Å². The maximum atomic E-state index is 14.4. The van der Waals surface area contributed by atoms with Crippen LogP contribution in [0, 0.1) is 18.2 Å². The average molecular weight is 546 g/mol. The molecule has 0 aromatic carbocycles. The summed E-state index contributed by atoms with van der Waals surface area (Å²) >= 11 is 0. The van der Waals surface area contributed by atoms with Crippen LogP contribution in [0.25, 0.3) is 11.3 Å². The number of carbonyl (C=O) groups is 1. The van der Waals surface area contributed by atoms with Gasteiger partial charge in [0.15, 0.2) is 0 Å². The molecular weight excluding hydrogens is 514 g/mol. The van der Waals surface area contributed by atoms with E-state index in [4.69, 9.17) is 10.5 Å². The average Bonchev–Trinajstić information content (AvgIpc) is 3.29. The molecule has 2 atom stereocenters. The molecule has 0 saturated carbocycles. The van der Waals surface area contributed by atoms with E-state index >= 15 is 0 Å². The first-order chi connectivity index (χ1) is 18.3. The predicted octanol–water partition coefficient (Wildman–Crippen LogP) is 5.57. The van der Waals surface area contributed by atoms with Crippen molar-refractivity contribution >= 4 is 11.7 Å². The van der Waals surface area contributed by atoms with Crippen LogP contribution in [0.15, 0.2) is 36.7 Å². The summed E-state index contributed by atoms with van der Waals surface area (Å²) < 4.78 is 58.3. The summed E-state index contributed by atoms with van der Waals surface area (Å²) in [5.41, 5.74) is 7.75. The fraction of sp³-hybridized carbons (Fsp3) is 0.429. The molecule has 39 heavy (non-hydrogen) atoms. The Morgan fingerprint density at radius 3 is 2.62 bits per heavy atom. The van der Waals surface area contributed by atoms with Gasteiger partial charge in [-0.1, -0.05) is 6.92 Å². The van der Waals surface area contributed by atoms with Crippen LogP contribution in [0.2, 0.25) is 0 Å². The largest absolute Gasteiger partial charge is 0.481 e. The third kappa shape index (κ3) is 6.12. The van der Waals surface area contributed by atoms with E-state index in [1.54, 1.807) is 18.7 Å². The molecule has 0 aliphatic carbocycles. The lowest BCUT2D eigenvalue weighted by atomic mass is 9.83. The maximum Gasteiger partial charge on any atom is 0.417 e. The number of alkyl halides is 3. The number of hydrogen-bond donors (Lipinski definition) is 1. The first-order valence-electron chi connectivity index (χ1n) is 12.6. The van der Waals surface area contributed by atoms with Crippen LogP contribution in [-0.4, -0.2) is 46.0 Å². The Labute approximate surface area is 224 Å². The standard InChI is InChI=1S/C28H31F4N5O2/c1-16(20-12-24(39-4)35-14-22(20)29)26(38)37-10-9-27(3,15-37)8-7-18-11-21(17(2)36-25(18)33)23-6-5-19(13-34-23)28(30,31)32/h5-6,11-14,16H,7-10,15H2,1-4H3,(H2,33,36)/t16-,27-/m1/s1. The van der Waals surface area contributed by atoms with Crippen molar-refractivity contribution in [3.05, 3.63) is 64.9 Å². The van der Waals surface area contributed by atoms with Crippen LogP contribution in [-0.2, 0) is 17.4 Å². The number of aromatic nitrogens is 3. The topological polar surface area (TPSA) is 94.2 Å². The Morgan fingerprint density at radius 2 is 1.97 bits per heavy atom. The van der Waals surface area contributed by atoms with Crippen molar-refractivity contribution in [2.75, 3.05) is 25.9 Å². The highest BCUT2D eigenvalue weighted by atomic mass is 19.4. The molecule has 3 aromatic heterocycles. The SMILES string of the molecule is COc1cc([C@@H](C)C(=O)N2CC[C@@](C)(CCc3cc(-c4ccc(C(F)(F)F)cn4)c(C)nc3N)C2)c(F)cn1. The number of halogens is 4. The molecule has 7 nitrogen and oxygen atoms in total. The number of anilines is 1. The van der Waals surface area contributed by atoms with E-state index in [-0.39, 0.29) is 22.8 Å². The van der Waals surface area contributed by atoms with Gasteiger partial charge < -0.3 is 15.4 Å². The highest BCUT2D eigenvalue weighted by Gasteiger charge is 2.38. The van der Waals surface area contributed by atoms with E-state index < -0.39 is 23.5 Å². The summed E-state index contributed by atoms with van der Waals surface area (Å²) in [5.74, 6) is -0.821.